The van der Waals surface area contributed by atoms with Crippen LogP contribution < -0.4 is 10.1 Å². The van der Waals surface area contributed by atoms with Crippen molar-refractivity contribution < 1.29 is 9.13 Å². The number of rotatable bonds is 7. The highest BCUT2D eigenvalue weighted by molar-refractivity contribution is 5.23. The van der Waals surface area contributed by atoms with Crippen molar-refractivity contribution in [2.24, 2.45) is 0 Å². The first-order valence-electron chi connectivity index (χ1n) is 6.28. The molecular weight excluding hydrogens is 217 g/mol. The summed E-state index contributed by atoms with van der Waals surface area (Å²) in [6.45, 7) is 6.99. The minimum Gasteiger partial charge on any atom is -0.486 e. The van der Waals surface area contributed by atoms with E-state index in [1.54, 1.807) is 18.2 Å². The Balaban J connectivity index is 2.34. The largest absolute Gasteiger partial charge is 0.486 e. The maximum Gasteiger partial charge on any atom is 0.165 e. The smallest absolute Gasteiger partial charge is 0.165 e. The molecule has 1 rings (SSSR count). The van der Waals surface area contributed by atoms with Crippen molar-refractivity contribution in [3.8, 4) is 5.75 Å². The second-order valence-electron chi connectivity index (χ2n) is 4.46. The molecule has 0 amide bonds. The highest BCUT2D eigenvalue weighted by Gasteiger charge is 2.08. The lowest BCUT2D eigenvalue weighted by atomic mass is 10.2. The first-order valence-corrected chi connectivity index (χ1v) is 6.28. The number of nitrogens with one attached hydrogen (secondary N) is 1. The van der Waals surface area contributed by atoms with Crippen LogP contribution >= 0.6 is 0 Å². The van der Waals surface area contributed by atoms with E-state index in [2.05, 4.69) is 19.2 Å². The Bertz CT molecular complexity index is 330. The van der Waals surface area contributed by atoms with Crippen LogP contribution in [0.4, 0.5) is 4.39 Å². The summed E-state index contributed by atoms with van der Waals surface area (Å²) in [5.74, 6) is 0.0194. The Kier molecular flexibility index (Phi) is 5.98. The average molecular weight is 239 g/mol. The van der Waals surface area contributed by atoms with E-state index in [4.69, 9.17) is 4.74 Å². The van der Waals surface area contributed by atoms with E-state index in [0.717, 1.165) is 19.4 Å². The van der Waals surface area contributed by atoms with Crippen LogP contribution in [0.3, 0.4) is 0 Å². The molecule has 0 saturated carbocycles. The molecule has 2 unspecified atom stereocenters. The predicted molar refractivity (Wildman–Crippen MR) is 68.9 cm³/mol. The first kappa shape index (κ1) is 14.0. The van der Waals surface area contributed by atoms with Gasteiger partial charge in [0.25, 0.3) is 0 Å². The second kappa shape index (κ2) is 7.28. The zero-order valence-corrected chi connectivity index (χ0v) is 10.9. The van der Waals surface area contributed by atoms with Gasteiger partial charge in [-0.1, -0.05) is 25.5 Å². The van der Waals surface area contributed by atoms with Gasteiger partial charge in [0.2, 0.25) is 0 Å². The van der Waals surface area contributed by atoms with Gasteiger partial charge < -0.3 is 10.1 Å². The number of halogens is 1. The van der Waals surface area contributed by atoms with E-state index in [1.807, 2.05) is 6.92 Å². The van der Waals surface area contributed by atoms with E-state index in [-0.39, 0.29) is 11.9 Å². The molecule has 0 aromatic heterocycles. The average Bonchev–Trinajstić information content (AvgIpc) is 2.30. The fraction of sp³-hybridized carbons (Fsp3) is 0.571. The molecule has 0 aliphatic rings. The van der Waals surface area contributed by atoms with Gasteiger partial charge in [-0.25, -0.2) is 4.39 Å². The minimum absolute atomic E-state index is 0.0359. The molecule has 0 spiro atoms. The molecule has 96 valence electrons. The summed E-state index contributed by atoms with van der Waals surface area (Å²) in [4.78, 5) is 0. The first-order chi connectivity index (χ1) is 8.13. The third-order valence-corrected chi connectivity index (χ3v) is 2.64. The Labute approximate surface area is 103 Å². The highest BCUT2D eigenvalue weighted by Crippen LogP contribution is 2.16. The molecule has 0 saturated heterocycles. The van der Waals surface area contributed by atoms with E-state index in [0.29, 0.717) is 11.8 Å². The summed E-state index contributed by atoms with van der Waals surface area (Å²) < 4.78 is 18.9. The van der Waals surface area contributed by atoms with Crippen LogP contribution in [0.1, 0.15) is 33.6 Å². The van der Waals surface area contributed by atoms with Gasteiger partial charge in [0, 0.05) is 12.6 Å². The quantitative estimate of drug-likeness (QED) is 0.787. The molecule has 17 heavy (non-hydrogen) atoms. The van der Waals surface area contributed by atoms with Crippen LogP contribution in [0.25, 0.3) is 0 Å². The van der Waals surface area contributed by atoms with Gasteiger partial charge in [-0.05, 0) is 32.4 Å². The van der Waals surface area contributed by atoms with Gasteiger partial charge in [-0.3, -0.25) is 0 Å². The van der Waals surface area contributed by atoms with Gasteiger partial charge in [-0.2, -0.15) is 0 Å². The number of hydrogen-bond donors (Lipinski definition) is 1. The topological polar surface area (TPSA) is 21.3 Å². The van der Waals surface area contributed by atoms with Crippen molar-refractivity contribution in [1.82, 2.24) is 5.32 Å². The number of ether oxygens (including phenoxy) is 1. The zero-order chi connectivity index (χ0) is 12.7. The van der Waals surface area contributed by atoms with Crippen LogP contribution in [0.5, 0.6) is 5.75 Å². The van der Waals surface area contributed by atoms with E-state index in [1.165, 1.54) is 6.07 Å². The molecule has 0 fully saturated rings. The van der Waals surface area contributed by atoms with Gasteiger partial charge in [0.15, 0.2) is 11.6 Å². The van der Waals surface area contributed by atoms with Gasteiger partial charge in [0.1, 0.15) is 6.10 Å². The third-order valence-electron chi connectivity index (χ3n) is 2.64. The molecule has 1 N–H and O–H groups in total. The maximum atomic E-state index is 13.3. The normalized spacial score (nSPS) is 14.4. The van der Waals surface area contributed by atoms with Gasteiger partial charge >= 0.3 is 0 Å². The maximum absolute atomic E-state index is 13.3. The molecule has 3 heteroatoms. The monoisotopic (exact) mass is 239 g/mol. The SMILES string of the molecule is CCCC(C)NCC(C)Oc1ccccc1F. The van der Waals surface area contributed by atoms with E-state index < -0.39 is 0 Å². The lowest BCUT2D eigenvalue weighted by molar-refractivity contribution is 0.202. The number of para-hydroxylation sites is 1. The summed E-state index contributed by atoms with van der Waals surface area (Å²) in [6.07, 6.45) is 2.27. The van der Waals surface area contributed by atoms with Crippen molar-refractivity contribution in [1.29, 1.82) is 0 Å². The third kappa shape index (κ3) is 5.18. The highest BCUT2D eigenvalue weighted by atomic mass is 19.1. The summed E-state index contributed by atoms with van der Waals surface area (Å²) in [7, 11) is 0. The molecule has 1 aromatic carbocycles. The molecule has 0 bridgehead atoms. The van der Waals surface area contributed by atoms with Crippen LogP contribution in [-0.2, 0) is 0 Å². The lowest BCUT2D eigenvalue weighted by Crippen LogP contribution is -2.35. The molecule has 0 heterocycles. The standard InChI is InChI=1S/C14H22FNO/c1-4-7-11(2)16-10-12(3)17-14-9-6-5-8-13(14)15/h5-6,8-9,11-12,16H,4,7,10H2,1-3H3. The van der Waals surface area contributed by atoms with Crippen LogP contribution in [0, 0.1) is 5.82 Å². The Hall–Kier alpha value is -1.09. The lowest BCUT2D eigenvalue weighted by Gasteiger charge is -2.19. The molecule has 1 aromatic rings. The zero-order valence-electron chi connectivity index (χ0n) is 10.9. The Morgan fingerprint density at radius 1 is 1.29 bits per heavy atom. The molecular formula is C14H22FNO. The van der Waals surface area contributed by atoms with Crippen LogP contribution in [0.2, 0.25) is 0 Å². The summed E-state index contributed by atoms with van der Waals surface area (Å²) >= 11 is 0. The fourth-order valence-electron chi connectivity index (χ4n) is 1.70. The summed E-state index contributed by atoms with van der Waals surface area (Å²) in [5, 5.41) is 3.38. The van der Waals surface area contributed by atoms with E-state index >= 15 is 0 Å². The summed E-state index contributed by atoms with van der Waals surface area (Å²) in [5.41, 5.74) is 0. The predicted octanol–water partition coefficient (Wildman–Crippen LogP) is 3.37. The number of benzene rings is 1. The van der Waals surface area contributed by atoms with E-state index in [9.17, 15) is 4.39 Å². The molecule has 0 aliphatic carbocycles. The van der Waals surface area contributed by atoms with Crippen LogP contribution in [-0.4, -0.2) is 18.7 Å². The van der Waals surface area contributed by atoms with Crippen LogP contribution in [0.15, 0.2) is 24.3 Å². The Morgan fingerprint density at radius 3 is 2.65 bits per heavy atom. The van der Waals surface area contributed by atoms with Crippen molar-refractivity contribution in [2.75, 3.05) is 6.54 Å². The van der Waals surface area contributed by atoms with Gasteiger partial charge in [-0.15, -0.1) is 0 Å². The summed E-state index contributed by atoms with van der Waals surface area (Å²) in [6, 6.07) is 6.98. The van der Waals surface area contributed by atoms with Crippen molar-refractivity contribution in [2.45, 2.75) is 45.8 Å². The molecule has 0 radical (unpaired) electrons. The van der Waals surface area contributed by atoms with Crippen molar-refractivity contribution in [3.63, 3.8) is 0 Å². The fourth-order valence-corrected chi connectivity index (χ4v) is 1.70. The Morgan fingerprint density at radius 2 is 2.00 bits per heavy atom. The minimum atomic E-state index is -0.305. The van der Waals surface area contributed by atoms with Gasteiger partial charge in [0.05, 0.1) is 0 Å². The second-order valence-corrected chi connectivity index (χ2v) is 4.46. The van der Waals surface area contributed by atoms with Crippen molar-refractivity contribution in [3.05, 3.63) is 30.1 Å². The molecule has 2 nitrogen and oxygen atoms in total. The van der Waals surface area contributed by atoms with Crippen molar-refractivity contribution >= 4 is 0 Å². The molecule has 2 atom stereocenters. The molecule has 0 aliphatic heterocycles. The number of hydrogen-bond acceptors (Lipinski definition) is 2.